The number of aliphatic imine (C=N–C) groups is 1. The van der Waals surface area contributed by atoms with Crippen LogP contribution in [0.25, 0.3) is 0 Å². The maximum atomic E-state index is 13.8. The molecule has 3 aliphatic rings. The van der Waals surface area contributed by atoms with Crippen LogP contribution in [0.15, 0.2) is 51.6 Å². The third-order valence-electron chi connectivity index (χ3n) is 6.80. The Labute approximate surface area is 211 Å². The van der Waals surface area contributed by atoms with Gasteiger partial charge in [0, 0.05) is 31.9 Å². The molecule has 3 aliphatic heterocycles. The van der Waals surface area contributed by atoms with E-state index in [2.05, 4.69) is 10.2 Å². The zero-order chi connectivity index (χ0) is 25.1. The van der Waals surface area contributed by atoms with Crippen molar-refractivity contribution in [2.45, 2.75) is 52.1 Å². The second-order valence-electron chi connectivity index (χ2n) is 9.53. The summed E-state index contributed by atoms with van der Waals surface area (Å²) in [5, 5.41) is 5.69. The topological polar surface area (TPSA) is 68.2 Å². The van der Waals surface area contributed by atoms with Crippen molar-refractivity contribution in [2.75, 3.05) is 33.2 Å². The van der Waals surface area contributed by atoms with Crippen molar-refractivity contribution in [3.63, 3.8) is 0 Å². The maximum absolute atomic E-state index is 13.8. The van der Waals surface area contributed by atoms with Crippen LogP contribution in [0.2, 0.25) is 0 Å². The molecule has 2 amide bonds. The highest BCUT2D eigenvalue weighted by molar-refractivity contribution is 8.16. The predicted molar refractivity (Wildman–Crippen MR) is 138 cm³/mol. The number of allylic oxidation sites excluding steroid dienone is 1. The fourth-order valence-electron chi connectivity index (χ4n) is 4.61. The Hall–Kier alpha value is -2.65. The van der Waals surface area contributed by atoms with E-state index < -0.39 is 6.04 Å². The number of rotatable bonds is 8. The van der Waals surface area contributed by atoms with Gasteiger partial charge in [0.25, 0.3) is 5.91 Å². The van der Waals surface area contributed by atoms with E-state index in [0.717, 1.165) is 36.1 Å². The van der Waals surface area contributed by atoms with Gasteiger partial charge in [-0.2, -0.15) is 0 Å². The molecule has 7 nitrogen and oxygen atoms in total. The molecular formula is C26H34FN5O2S. The van der Waals surface area contributed by atoms with Crippen LogP contribution in [0.5, 0.6) is 0 Å². The van der Waals surface area contributed by atoms with Crippen LogP contribution >= 0.6 is 11.8 Å². The van der Waals surface area contributed by atoms with E-state index >= 15 is 0 Å². The van der Waals surface area contributed by atoms with Crippen LogP contribution in [0.4, 0.5) is 4.39 Å². The number of benzene rings is 1. The van der Waals surface area contributed by atoms with E-state index in [0.29, 0.717) is 17.8 Å². The van der Waals surface area contributed by atoms with Gasteiger partial charge in [-0.1, -0.05) is 23.9 Å². The molecule has 35 heavy (non-hydrogen) atoms. The van der Waals surface area contributed by atoms with Gasteiger partial charge in [-0.15, -0.1) is 0 Å². The van der Waals surface area contributed by atoms with Crippen molar-refractivity contribution >= 4 is 28.7 Å². The number of nitrogens with one attached hydrogen (secondary N) is 1. The number of hydrogen-bond acceptors (Lipinski definition) is 6. The molecule has 9 heteroatoms. The monoisotopic (exact) mass is 499 g/mol. The number of carbonyl (C=O) groups excluding carboxylic acids is 2. The van der Waals surface area contributed by atoms with E-state index in [-0.39, 0.29) is 30.1 Å². The van der Waals surface area contributed by atoms with Crippen molar-refractivity contribution < 1.29 is 14.0 Å². The average molecular weight is 500 g/mol. The second-order valence-corrected chi connectivity index (χ2v) is 10.4. The van der Waals surface area contributed by atoms with Gasteiger partial charge in [0.2, 0.25) is 5.91 Å². The minimum absolute atomic E-state index is 0.00592. The molecular weight excluding hydrogens is 465 g/mol. The Morgan fingerprint density at radius 2 is 1.91 bits per heavy atom. The molecule has 1 aromatic rings. The number of carbonyl (C=O) groups is 2. The second kappa shape index (κ2) is 11.0. The molecule has 188 valence electrons. The van der Waals surface area contributed by atoms with Crippen molar-refractivity contribution in [1.82, 2.24) is 20.0 Å². The summed E-state index contributed by atoms with van der Waals surface area (Å²) < 4.78 is 13.8. The first-order chi connectivity index (χ1) is 16.8. The summed E-state index contributed by atoms with van der Waals surface area (Å²) in [5.74, 6) is -0.523. The van der Waals surface area contributed by atoms with Gasteiger partial charge >= 0.3 is 0 Å². The smallest absolute Gasteiger partial charge is 0.254 e. The average Bonchev–Trinajstić information content (AvgIpc) is 3.48. The zero-order valence-electron chi connectivity index (χ0n) is 20.9. The minimum atomic E-state index is -0.490. The lowest BCUT2D eigenvalue weighted by molar-refractivity contribution is -0.128. The lowest BCUT2D eigenvalue weighted by Gasteiger charge is -2.38. The largest absolute Gasteiger partial charge is 0.354 e. The van der Waals surface area contributed by atoms with Crippen LogP contribution in [0.1, 0.15) is 51.6 Å². The molecule has 0 aromatic heterocycles. The van der Waals surface area contributed by atoms with Crippen molar-refractivity contribution in [3.8, 4) is 0 Å². The SMILES string of the molecule is CC1=C(C(=O)N(C)C(C)C)C(c2ccc(F)cc2)N2C(CC(=O)NCCN3CCCC3)=CSC2=N1. The summed E-state index contributed by atoms with van der Waals surface area (Å²) in [5.41, 5.74) is 2.74. The number of nitrogens with zero attached hydrogens (tertiary/aromatic N) is 4. The molecule has 0 bridgehead atoms. The molecule has 1 unspecified atom stereocenters. The first kappa shape index (κ1) is 25.4. The predicted octanol–water partition coefficient (Wildman–Crippen LogP) is 3.87. The summed E-state index contributed by atoms with van der Waals surface area (Å²) in [6.07, 6.45) is 2.63. The Morgan fingerprint density at radius 1 is 1.23 bits per heavy atom. The number of amides is 2. The normalized spacial score (nSPS) is 20.2. The number of likely N-dealkylation sites (tertiary alicyclic amines) is 1. The van der Waals surface area contributed by atoms with Crippen LogP contribution in [-0.2, 0) is 9.59 Å². The molecule has 1 fully saturated rings. The van der Waals surface area contributed by atoms with Crippen molar-refractivity contribution in [1.29, 1.82) is 0 Å². The highest BCUT2D eigenvalue weighted by Gasteiger charge is 2.41. The van der Waals surface area contributed by atoms with Crippen LogP contribution in [0, 0.1) is 5.82 Å². The van der Waals surface area contributed by atoms with E-state index in [1.54, 1.807) is 24.1 Å². The Balaban J connectivity index is 1.58. The molecule has 1 atom stereocenters. The van der Waals surface area contributed by atoms with Gasteiger partial charge in [-0.25, -0.2) is 9.38 Å². The highest BCUT2D eigenvalue weighted by Crippen LogP contribution is 2.45. The molecule has 0 aliphatic carbocycles. The Bertz CT molecular complexity index is 1060. The van der Waals surface area contributed by atoms with E-state index in [1.807, 2.05) is 31.1 Å². The lowest BCUT2D eigenvalue weighted by Crippen LogP contribution is -2.42. The van der Waals surface area contributed by atoms with Crippen LogP contribution < -0.4 is 5.32 Å². The third-order valence-corrected chi connectivity index (χ3v) is 7.69. The first-order valence-electron chi connectivity index (χ1n) is 12.2. The molecule has 0 spiro atoms. The van der Waals surface area contributed by atoms with Crippen molar-refractivity contribution in [2.24, 2.45) is 4.99 Å². The summed E-state index contributed by atoms with van der Waals surface area (Å²) in [7, 11) is 1.78. The van der Waals surface area contributed by atoms with E-state index in [4.69, 9.17) is 4.99 Å². The van der Waals surface area contributed by atoms with Gasteiger partial charge in [-0.05, 0) is 69.8 Å². The van der Waals surface area contributed by atoms with Gasteiger partial charge < -0.3 is 20.0 Å². The number of fused-ring (bicyclic) bond motifs is 1. The van der Waals surface area contributed by atoms with E-state index in [1.165, 1.54) is 36.7 Å². The molecule has 0 radical (unpaired) electrons. The molecule has 1 saturated heterocycles. The standard InChI is InChI=1S/C26H34FN5O2S/c1-17(2)30(4)25(34)23-18(3)29-26-32(24(23)19-7-9-20(27)10-8-19)21(16-35-26)15-22(33)28-11-14-31-12-5-6-13-31/h7-10,16-17,24H,5-6,11-15H2,1-4H3,(H,28,33). The maximum Gasteiger partial charge on any atom is 0.254 e. The summed E-state index contributed by atoms with van der Waals surface area (Å²) in [4.78, 5) is 37.1. The Kier molecular flexibility index (Phi) is 7.96. The summed E-state index contributed by atoms with van der Waals surface area (Å²) in [6, 6.07) is 5.73. The summed E-state index contributed by atoms with van der Waals surface area (Å²) in [6.45, 7) is 9.42. The molecule has 4 rings (SSSR count). The third kappa shape index (κ3) is 5.62. The number of halogens is 1. The highest BCUT2D eigenvalue weighted by atomic mass is 32.2. The number of likely N-dealkylation sites (N-methyl/N-ethyl adjacent to an activating group) is 1. The molecule has 3 heterocycles. The summed E-state index contributed by atoms with van der Waals surface area (Å²) >= 11 is 1.45. The van der Waals surface area contributed by atoms with Gasteiger partial charge in [0.05, 0.1) is 23.7 Å². The van der Waals surface area contributed by atoms with Gasteiger partial charge in [-0.3, -0.25) is 9.59 Å². The number of hydrogen-bond donors (Lipinski definition) is 1. The van der Waals surface area contributed by atoms with Gasteiger partial charge in [0.1, 0.15) is 5.82 Å². The zero-order valence-corrected chi connectivity index (χ0v) is 21.7. The number of thioether (sulfide) groups is 1. The fourth-order valence-corrected chi connectivity index (χ4v) is 5.58. The lowest BCUT2D eigenvalue weighted by atomic mass is 9.92. The fraction of sp³-hybridized carbons (Fsp3) is 0.500. The van der Waals surface area contributed by atoms with Gasteiger partial charge in [0.15, 0.2) is 5.17 Å². The Morgan fingerprint density at radius 3 is 2.57 bits per heavy atom. The first-order valence-corrected chi connectivity index (χ1v) is 13.1. The minimum Gasteiger partial charge on any atom is -0.354 e. The van der Waals surface area contributed by atoms with E-state index in [9.17, 15) is 14.0 Å². The molecule has 1 aromatic carbocycles. The quantitative estimate of drug-likeness (QED) is 0.588. The molecule has 0 saturated carbocycles. The number of amidine groups is 1. The van der Waals surface area contributed by atoms with Crippen molar-refractivity contribution in [3.05, 3.63) is 58.0 Å². The molecule has 1 N–H and O–H groups in total. The van der Waals surface area contributed by atoms with Crippen LogP contribution in [0.3, 0.4) is 0 Å². The van der Waals surface area contributed by atoms with Crippen LogP contribution in [-0.4, -0.2) is 71.0 Å².